The van der Waals surface area contributed by atoms with E-state index in [1.165, 1.54) is 24.3 Å². The Morgan fingerprint density at radius 1 is 0.846 bits per heavy atom. The van der Waals surface area contributed by atoms with Gasteiger partial charge in [-0.25, -0.2) is 13.2 Å². The molecule has 0 radical (unpaired) electrons. The summed E-state index contributed by atoms with van der Waals surface area (Å²) in [6.07, 6.45) is 1.78. The van der Waals surface area contributed by atoms with Crippen molar-refractivity contribution < 1.29 is 27.4 Å². The molecule has 2 aromatic rings. The summed E-state index contributed by atoms with van der Waals surface area (Å²) in [4.78, 5) is 0. The molecule has 0 heterocycles. The Kier molecular flexibility index (Phi) is 5.51. The van der Waals surface area contributed by atoms with Crippen LogP contribution in [0, 0.1) is 23.3 Å². The van der Waals surface area contributed by atoms with Gasteiger partial charge in [-0.2, -0.15) is 4.39 Å². The zero-order valence-corrected chi connectivity index (χ0v) is 14.4. The first-order valence-electron chi connectivity index (χ1n) is 8.71. The minimum Gasteiger partial charge on any atom is -0.491 e. The van der Waals surface area contributed by atoms with Gasteiger partial charge in [-0.3, -0.25) is 0 Å². The highest BCUT2D eigenvalue weighted by Crippen LogP contribution is 2.38. The fourth-order valence-corrected chi connectivity index (χ4v) is 3.48. The summed E-state index contributed by atoms with van der Waals surface area (Å²) in [5.41, 5.74) is -0.473. The third-order valence-corrected chi connectivity index (χ3v) is 4.89. The Morgan fingerprint density at radius 2 is 1.42 bits per heavy atom. The minimum atomic E-state index is -1.28. The smallest absolute Gasteiger partial charge is 0.201 e. The molecular weight excluding hydrogens is 348 g/mol. The Labute approximate surface area is 149 Å². The fourth-order valence-electron chi connectivity index (χ4n) is 3.48. The highest BCUT2D eigenvalue weighted by molar-refractivity contribution is 5.66. The largest absolute Gasteiger partial charge is 0.491 e. The van der Waals surface area contributed by atoms with Gasteiger partial charge < -0.3 is 9.84 Å². The Balaban J connectivity index is 1.97. The van der Waals surface area contributed by atoms with Crippen LogP contribution >= 0.6 is 0 Å². The first kappa shape index (κ1) is 18.7. The molecule has 2 nitrogen and oxygen atoms in total. The molecule has 1 N–H and O–H groups in total. The number of hydrogen-bond donors (Lipinski definition) is 1. The number of hydrogen-bond acceptors (Lipinski definition) is 2. The molecule has 26 heavy (non-hydrogen) atoms. The van der Waals surface area contributed by atoms with E-state index >= 15 is 0 Å². The highest BCUT2D eigenvalue weighted by Gasteiger charge is 2.27. The summed E-state index contributed by atoms with van der Waals surface area (Å²) in [6.45, 7) is 1.78. The van der Waals surface area contributed by atoms with Crippen molar-refractivity contribution >= 4 is 0 Å². The van der Waals surface area contributed by atoms with Gasteiger partial charge in [0, 0.05) is 11.1 Å². The molecule has 140 valence electrons. The number of halogens is 4. The summed E-state index contributed by atoms with van der Waals surface area (Å²) in [7, 11) is 0. The average Bonchev–Trinajstić information content (AvgIpc) is 2.63. The van der Waals surface area contributed by atoms with Gasteiger partial charge in [-0.1, -0.05) is 12.1 Å². The Bertz CT molecular complexity index is 799. The van der Waals surface area contributed by atoms with Crippen molar-refractivity contribution in [3.8, 4) is 16.9 Å². The molecule has 0 bridgehead atoms. The van der Waals surface area contributed by atoms with Crippen LogP contribution < -0.4 is 4.74 Å². The number of aliphatic hydroxyl groups is 1. The van der Waals surface area contributed by atoms with Crippen LogP contribution in [0.25, 0.3) is 11.1 Å². The summed E-state index contributed by atoms with van der Waals surface area (Å²) < 4.78 is 62.5. The van der Waals surface area contributed by atoms with E-state index < -0.39 is 29.4 Å². The van der Waals surface area contributed by atoms with Crippen LogP contribution in [0.2, 0.25) is 0 Å². The van der Waals surface area contributed by atoms with E-state index in [0.717, 1.165) is 0 Å². The van der Waals surface area contributed by atoms with Crippen LogP contribution in [0.3, 0.4) is 0 Å². The summed E-state index contributed by atoms with van der Waals surface area (Å²) in [5.74, 6) is -5.21. The number of rotatable bonds is 4. The standard InChI is InChI=1S/C20H20F4O2/c1-2-26-16-10-9-15(19(23)20(16)24)14-8-7-13(17(21)18(14)22)11-3-5-12(25)6-4-11/h7-12,25H,2-6H2,1H3/t11-,12-. The molecule has 0 aliphatic heterocycles. The molecule has 0 spiro atoms. The Hall–Kier alpha value is -2.08. The lowest BCUT2D eigenvalue weighted by Crippen LogP contribution is -2.18. The normalized spacial score (nSPS) is 20.2. The predicted octanol–water partition coefficient (Wildman–Crippen LogP) is 5.33. The average molecular weight is 368 g/mol. The van der Waals surface area contributed by atoms with E-state index in [1.807, 2.05) is 0 Å². The number of ether oxygens (including phenoxy) is 1. The summed E-state index contributed by atoms with van der Waals surface area (Å²) in [5, 5.41) is 9.55. The molecule has 0 aromatic heterocycles. The second kappa shape index (κ2) is 7.66. The van der Waals surface area contributed by atoms with Gasteiger partial charge >= 0.3 is 0 Å². The second-order valence-electron chi connectivity index (χ2n) is 6.51. The van der Waals surface area contributed by atoms with Gasteiger partial charge in [-0.15, -0.1) is 0 Å². The molecule has 0 saturated heterocycles. The van der Waals surface area contributed by atoms with Crippen molar-refractivity contribution in [3.63, 3.8) is 0 Å². The van der Waals surface area contributed by atoms with Crippen molar-refractivity contribution in [2.45, 2.75) is 44.6 Å². The molecule has 1 aliphatic carbocycles. The molecule has 2 aromatic carbocycles. The predicted molar refractivity (Wildman–Crippen MR) is 90.1 cm³/mol. The van der Waals surface area contributed by atoms with Crippen molar-refractivity contribution in [2.75, 3.05) is 6.61 Å². The van der Waals surface area contributed by atoms with Gasteiger partial charge in [0.1, 0.15) is 0 Å². The van der Waals surface area contributed by atoms with E-state index in [0.29, 0.717) is 25.7 Å². The van der Waals surface area contributed by atoms with E-state index in [9.17, 15) is 22.7 Å². The third-order valence-electron chi connectivity index (χ3n) is 4.89. The summed E-state index contributed by atoms with van der Waals surface area (Å²) in [6, 6.07) is 5.07. The molecule has 3 rings (SSSR count). The molecule has 0 amide bonds. The van der Waals surface area contributed by atoms with Crippen LogP contribution in [0.5, 0.6) is 5.75 Å². The van der Waals surface area contributed by atoms with Gasteiger partial charge in [0.2, 0.25) is 5.82 Å². The van der Waals surface area contributed by atoms with E-state index in [2.05, 4.69) is 0 Å². The van der Waals surface area contributed by atoms with Crippen molar-refractivity contribution in [2.24, 2.45) is 0 Å². The highest BCUT2D eigenvalue weighted by atomic mass is 19.2. The van der Waals surface area contributed by atoms with Crippen LogP contribution in [0.15, 0.2) is 24.3 Å². The fraction of sp³-hybridized carbons (Fsp3) is 0.400. The molecule has 1 aliphatic rings. The van der Waals surface area contributed by atoms with Crippen molar-refractivity contribution in [3.05, 3.63) is 53.1 Å². The molecule has 0 atom stereocenters. The maximum Gasteiger partial charge on any atom is 0.201 e. The van der Waals surface area contributed by atoms with Crippen LogP contribution in [0.1, 0.15) is 44.1 Å². The third kappa shape index (κ3) is 3.43. The first-order chi connectivity index (χ1) is 12.4. The van der Waals surface area contributed by atoms with Gasteiger partial charge in [-0.05, 0) is 56.2 Å². The molecule has 1 saturated carbocycles. The van der Waals surface area contributed by atoms with Gasteiger partial charge in [0.25, 0.3) is 0 Å². The maximum absolute atomic E-state index is 14.6. The number of aliphatic hydroxyl groups excluding tert-OH is 1. The molecule has 1 fully saturated rings. The van der Waals surface area contributed by atoms with Crippen LogP contribution in [0.4, 0.5) is 17.6 Å². The SMILES string of the molecule is CCOc1ccc(-c2ccc([C@H]3CC[C@H](O)CC3)c(F)c2F)c(F)c1F. The van der Waals surface area contributed by atoms with Gasteiger partial charge in [0.05, 0.1) is 12.7 Å². The lowest BCUT2D eigenvalue weighted by molar-refractivity contribution is 0.122. The van der Waals surface area contributed by atoms with E-state index in [-0.39, 0.29) is 35.0 Å². The zero-order valence-electron chi connectivity index (χ0n) is 14.4. The minimum absolute atomic E-state index is 0.156. The molecular formula is C20H20F4O2. The monoisotopic (exact) mass is 368 g/mol. The zero-order chi connectivity index (χ0) is 18.8. The molecule has 0 unspecified atom stereocenters. The van der Waals surface area contributed by atoms with Gasteiger partial charge in [0.15, 0.2) is 23.2 Å². The Morgan fingerprint density at radius 3 is 2.04 bits per heavy atom. The van der Waals surface area contributed by atoms with Crippen LogP contribution in [-0.2, 0) is 0 Å². The van der Waals surface area contributed by atoms with E-state index in [1.54, 1.807) is 6.92 Å². The molecule has 6 heteroatoms. The van der Waals surface area contributed by atoms with E-state index in [4.69, 9.17) is 4.74 Å². The topological polar surface area (TPSA) is 29.5 Å². The lowest BCUT2D eigenvalue weighted by atomic mass is 9.82. The first-order valence-corrected chi connectivity index (χ1v) is 8.71. The maximum atomic E-state index is 14.6. The van der Waals surface area contributed by atoms with Crippen LogP contribution in [-0.4, -0.2) is 17.8 Å². The van der Waals surface area contributed by atoms with Crippen molar-refractivity contribution in [1.29, 1.82) is 0 Å². The van der Waals surface area contributed by atoms with Crippen molar-refractivity contribution in [1.82, 2.24) is 0 Å². The lowest BCUT2D eigenvalue weighted by Gasteiger charge is -2.26. The quantitative estimate of drug-likeness (QED) is 0.740. The second-order valence-corrected chi connectivity index (χ2v) is 6.51. The number of benzene rings is 2. The summed E-state index contributed by atoms with van der Waals surface area (Å²) >= 11 is 0.